The number of nitrogens with one attached hydrogen (secondary N) is 1. The maximum Gasteiger partial charge on any atom is 0.217 e. The van der Waals surface area contributed by atoms with Crippen molar-refractivity contribution in [3.05, 3.63) is 21.6 Å². The third-order valence-electron chi connectivity index (χ3n) is 3.29. The lowest BCUT2D eigenvalue weighted by molar-refractivity contribution is -0.124. The van der Waals surface area contributed by atoms with E-state index in [0.717, 1.165) is 0 Å². The van der Waals surface area contributed by atoms with Gasteiger partial charge in [0.1, 0.15) is 17.5 Å². The minimum Gasteiger partial charge on any atom is -0.484 e. The van der Waals surface area contributed by atoms with E-state index >= 15 is 0 Å². The van der Waals surface area contributed by atoms with Crippen LogP contribution in [0.2, 0.25) is 0 Å². The van der Waals surface area contributed by atoms with Crippen LogP contribution >= 0.6 is 0 Å². The van der Waals surface area contributed by atoms with Crippen LogP contribution in [0.5, 0.6) is 0 Å². The Balaban J connectivity index is 2.48. The molecule has 0 bridgehead atoms. The van der Waals surface area contributed by atoms with E-state index in [9.17, 15) is 18.9 Å². The highest BCUT2D eigenvalue weighted by atomic mass is 32.2. The predicted molar refractivity (Wildman–Crippen MR) is 72.7 cm³/mol. The van der Waals surface area contributed by atoms with Gasteiger partial charge in [-0.3, -0.25) is 9.59 Å². The Bertz CT molecular complexity index is 575. The normalized spacial score (nSPS) is 31.2. The van der Waals surface area contributed by atoms with Crippen LogP contribution < -0.4 is 5.32 Å². The van der Waals surface area contributed by atoms with Crippen LogP contribution in [0.4, 0.5) is 0 Å². The number of Topliss-reactive ketones (excluding diaryl/α,β-unsaturated/α-hetero) is 1. The average molecular weight is 299 g/mol. The SMILES string of the molecule is CC(=O)NC1C2=C(C=C(C(C)=O)S2=O)OC(C)(C)C1O. The molecular weight excluding hydrogens is 282 g/mol. The fourth-order valence-electron chi connectivity index (χ4n) is 2.29. The van der Waals surface area contributed by atoms with Crippen LogP contribution in [0.1, 0.15) is 27.7 Å². The van der Waals surface area contributed by atoms with Crippen molar-refractivity contribution in [2.75, 3.05) is 0 Å². The molecule has 0 aromatic heterocycles. The van der Waals surface area contributed by atoms with Crippen molar-refractivity contribution in [2.24, 2.45) is 0 Å². The Morgan fingerprint density at radius 2 is 2.00 bits per heavy atom. The summed E-state index contributed by atoms with van der Waals surface area (Å²) in [6.07, 6.45) is 0.366. The van der Waals surface area contributed by atoms with Gasteiger partial charge in [0.25, 0.3) is 0 Å². The van der Waals surface area contributed by atoms with E-state index in [1.165, 1.54) is 19.9 Å². The first kappa shape index (κ1) is 14.9. The number of carbonyl (C=O) groups excluding carboxylic acids is 2. The fourth-order valence-corrected chi connectivity index (χ4v) is 3.70. The average Bonchev–Trinajstić information content (AvgIpc) is 2.61. The number of rotatable bonds is 2. The molecule has 6 nitrogen and oxygen atoms in total. The van der Waals surface area contributed by atoms with Gasteiger partial charge in [-0.1, -0.05) is 0 Å². The Morgan fingerprint density at radius 1 is 1.40 bits per heavy atom. The first-order chi connectivity index (χ1) is 9.15. The summed E-state index contributed by atoms with van der Waals surface area (Å²) < 4.78 is 18.0. The third kappa shape index (κ3) is 2.31. The van der Waals surface area contributed by atoms with Crippen LogP contribution in [0, 0.1) is 0 Å². The molecule has 110 valence electrons. The lowest BCUT2D eigenvalue weighted by atomic mass is 9.91. The molecule has 0 aromatic carbocycles. The van der Waals surface area contributed by atoms with Gasteiger partial charge in [-0.15, -0.1) is 0 Å². The van der Waals surface area contributed by atoms with Gasteiger partial charge in [0.05, 0.1) is 26.7 Å². The Morgan fingerprint density at radius 3 is 2.50 bits per heavy atom. The van der Waals surface area contributed by atoms with Crippen LogP contribution in [-0.4, -0.2) is 38.8 Å². The van der Waals surface area contributed by atoms with Crippen molar-refractivity contribution in [2.45, 2.75) is 45.4 Å². The topological polar surface area (TPSA) is 92.7 Å². The lowest BCUT2D eigenvalue weighted by Crippen LogP contribution is -2.57. The van der Waals surface area contributed by atoms with Gasteiger partial charge in [0, 0.05) is 13.0 Å². The number of ether oxygens (including phenoxy) is 1. The van der Waals surface area contributed by atoms with E-state index in [2.05, 4.69) is 5.32 Å². The van der Waals surface area contributed by atoms with E-state index in [1.54, 1.807) is 13.8 Å². The van der Waals surface area contributed by atoms with E-state index < -0.39 is 28.5 Å². The molecule has 0 aromatic rings. The number of carbonyl (C=O) groups is 2. The van der Waals surface area contributed by atoms with Gasteiger partial charge in [0.15, 0.2) is 5.78 Å². The highest BCUT2D eigenvalue weighted by molar-refractivity contribution is 7.94. The van der Waals surface area contributed by atoms with Crippen LogP contribution in [-0.2, 0) is 25.1 Å². The highest BCUT2D eigenvalue weighted by Gasteiger charge is 2.49. The molecule has 0 saturated heterocycles. The number of allylic oxidation sites excluding steroid dienone is 2. The van der Waals surface area contributed by atoms with Crippen molar-refractivity contribution in [3.8, 4) is 0 Å². The molecule has 7 heteroatoms. The first-order valence-corrected chi connectivity index (χ1v) is 7.33. The molecule has 0 spiro atoms. The molecule has 1 amide bonds. The molecule has 2 rings (SSSR count). The Hall–Kier alpha value is -1.47. The van der Waals surface area contributed by atoms with Gasteiger partial charge >= 0.3 is 0 Å². The molecule has 2 aliphatic heterocycles. The third-order valence-corrected chi connectivity index (χ3v) is 4.95. The van der Waals surface area contributed by atoms with Gasteiger partial charge in [0.2, 0.25) is 5.91 Å². The first-order valence-electron chi connectivity index (χ1n) is 6.18. The minimum atomic E-state index is -1.72. The molecule has 0 radical (unpaired) electrons. The Kier molecular flexibility index (Phi) is 3.60. The summed E-state index contributed by atoms with van der Waals surface area (Å²) in [5.74, 6) is -0.385. The number of ketones is 1. The summed E-state index contributed by atoms with van der Waals surface area (Å²) >= 11 is 0. The number of aliphatic hydroxyl groups excluding tert-OH is 1. The number of hydrogen-bond acceptors (Lipinski definition) is 5. The number of amides is 1. The van der Waals surface area contributed by atoms with Gasteiger partial charge in [-0.25, -0.2) is 4.21 Å². The molecule has 20 heavy (non-hydrogen) atoms. The standard InChI is InChI=1S/C13H17NO5S/c1-6(15)9-5-8-11(20(9)18)10(14-7(2)16)12(17)13(3,4)19-8/h5,10,12,17H,1-4H3,(H,14,16). The maximum atomic E-state index is 12.4. The second-order valence-corrected chi connectivity index (χ2v) is 6.81. The largest absolute Gasteiger partial charge is 0.484 e. The quantitative estimate of drug-likeness (QED) is 0.755. The van der Waals surface area contributed by atoms with Crippen LogP contribution in [0.3, 0.4) is 0 Å². The zero-order valence-electron chi connectivity index (χ0n) is 11.7. The summed E-state index contributed by atoms with van der Waals surface area (Å²) in [6.45, 7) is 5.96. The van der Waals surface area contributed by atoms with Gasteiger partial charge in [-0.05, 0) is 20.8 Å². The van der Waals surface area contributed by atoms with Crippen molar-refractivity contribution in [1.82, 2.24) is 5.32 Å². The molecular formula is C13H17NO5S. The number of hydrogen-bond donors (Lipinski definition) is 2. The molecule has 0 saturated carbocycles. The van der Waals surface area contributed by atoms with E-state index in [4.69, 9.17) is 4.74 Å². The molecule has 3 unspecified atom stereocenters. The zero-order valence-corrected chi connectivity index (χ0v) is 12.5. The van der Waals surface area contributed by atoms with Gasteiger partial charge < -0.3 is 15.2 Å². The van der Waals surface area contributed by atoms with Crippen LogP contribution in [0.25, 0.3) is 0 Å². The highest BCUT2D eigenvalue weighted by Crippen LogP contribution is 2.40. The summed E-state index contributed by atoms with van der Waals surface area (Å²) in [5, 5.41) is 12.9. The fraction of sp³-hybridized carbons (Fsp3) is 0.538. The molecule has 2 heterocycles. The van der Waals surface area contributed by atoms with Crippen LogP contribution in [0.15, 0.2) is 21.6 Å². The monoisotopic (exact) mass is 299 g/mol. The number of aliphatic hydroxyl groups is 1. The minimum absolute atomic E-state index is 0.121. The lowest BCUT2D eigenvalue weighted by Gasteiger charge is -2.41. The van der Waals surface area contributed by atoms with E-state index in [0.29, 0.717) is 5.76 Å². The van der Waals surface area contributed by atoms with Crippen molar-refractivity contribution >= 4 is 22.5 Å². The maximum absolute atomic E-state index is 12.4. The smallest absolute Gasteiger partial charge is 0.217 e. The predicted octanol–water partition coefficient (Wildman–Crippen LogP) is 0.108. The Labute approximate surface area is 119 Å². The summed E-state index contributed by atoms with van der Waals surface area (Å²) in [5.41, 5.74) is -0.959. The molecule has 2 N–H and O–H groups in total. The molecule has 0 aliphatic carbocycles. The summed E-state index contributed by atoms with van der Waals surface area (Å²) in [7, 11) is -1.72. The summed E-state index contributed by atoms with van der Waals surface area (Å²) in [4.78, 5) is 23.2. The van der Waals surface area contributed by atoms with Crippen molar-refractivity contribution in [3.63, 3.8) is 0 Å². The van der Waals surface area contributed by atoms with Crippen molar-refractivity contribution in [1.29, 1.82) is 0 Å². The summed E-state index contributed by atoms with van der Waals surface area (Å²) in [6, 6.07) is -0.833. The zero-order chi connectivity index (χ0) is 15.2. The molecule has 3 atom stereocenters. The van der Waals surface area contributed by atoms with E-state index in [-0.39, 0.29) is 21.5 Å². The molecule has 0 fully saturated rings. The van der Waals surface area contributed by atoms with Crippen molar-refractivity contribution < 1.29 is 23.6 Å². The molecule has 2 aliphatic rings. The second kappa shape index (κ2) is 4.82. The van der Waals surface area contributed by atoms with E-state index in [1.807, 2.05) is 0 Å². The van der Waals surface area contributed by atoms with Gasteiger partial charge in [-0.2, -0.15) is 0 Å². The second-order valence-electron chi connectivity index (χ2n) is 5.39.